The van der Waals surface area contributed by atoms with Gasteiger partial charge in [0.15, 0.2) is 0 Å². The van der Waals surface area contributed by atoms with Crippen LogP contribution in [0.2, 0.25) is 0 Å². The highest BCUT2D eigenvalue weighted by Crippen LogP contribution is 2.48. The Balaban J connectivity index is 2.08. The molecule has 2 N–H and O–H groups in total. The largest absolute Gasteiger partial charge is 0.328 e. The van der Waals surface area contributed by atoms with Gasteiger partial charge in [-0.15, -0.1) is 0 Å². The van der Waals surface area contributed by atoms with Crippen molar-refractivity contribution in [1.29, 1.82) is 0 Å². The van der Waals surface area contributed by atoms with Crippen LogP contribution in [0.3, 0.4) is 0 Å². The van der Waals surface area contributed by atoms with Crippen LogP contribution in [0, 0.1) is 12.8 Å². The molecule has 3 unspecified atom stereocenters. The van der Waals surface area contributed by atoms with Gasteiger partial charge in [0.1, 0.15) is 0 Å². The van der Waals surface area contributed by atoms with Crippen LogP contribution in [0.5, 0.6) is 0 Å². The van der Waals surface area contributed by atoms with Gasteiger partial charge in [-0.3, -0.25) is 0 Å². The van der Waals surface area contributed by atoms with E-state index in [-0.39, 0.29) is 0 Å². The topological polar surface area (TPSA) is 26.0 Å². The maximum atomic E-state index is 5.86. The summed E-state index contributed by atoms with van der Waals surface area (Å²) >= 11 is 0. The number of hydrogen-bond acceptors (Lipinski definition) is 1. The van der Waals surface area contributed by atoms with Crippen molar-refractivity contribution in [2.45, 2.75) is 32.2 Å². The summed E-state index contributed by atoms with van der Waals surface area (Å²) in [5.74, 6) is 1.46. The molecule has 3 atom stereocenters. The first-order chi connectivity index (χ1) is 6.18. The van der Waals surface area contributed by atoms with Crippen LogP contribution in [0.25, 0.3) is 0 Å². The van der Waals surface area contributed by atoms with E-state index < -0.39 is 0 Å². The zero-order valence-corrected chi connectivity index (χ0v) is 8.33. The Bertz CT molecular complexity index is 286. The van der Waals surface area contributed by atoms with Gasteiger partial charge in [0.2, 0.25) is 0 Å². The standard InChI is InChI=1S/C12H17N/c1-8-3-5-10(6-4-8)12-7-11(12)9(2)13/h3-6,9,11-12H,7,13H2,1-2H3. The summed E-state index contributed by atoms with van der Waals surface area (Å²) in [5, 5.41) is 0. The highest BCUT2D eigenvalue weighted by molar-refractivity contribution is 5.29. The average molecular weight is 175 g/mol. The summed E-state index contributed by atoms with van der Waals surface area (Å²) in [6.45, 7) is 4.23. The SMILES string of the molecule is Cc1ccc(C2CC2C(C)N)cc1. The number of nitrogens with two attached hydrogens (primary N) is 1. The van der Waals surface area contributed by atoms with E-state index in [1.807, 2.05) is 0 Å². The Morgan fingerprint density at radius 3 is 2.38 bits per heavy atom. The number of rotatable bonds is 2. The van der Waals surface area contributed by atoms with E-state index in [0.29, 0.717) is 6.04 Å². The third-order valence-electron chi connectivity index (χ3n) is 3.02. The molecule has 0 radical (unpaired) electrons. The lowest BCUT2D eigenvalue weighted by molar-refractivity contribution is 0.631. The Hall–Kier alpha value is -0.820. The minimum atomic E-state index is 0.353. The first kappa shape index (κ1) is 8.76. The summed E-state index contributed by atoms with van der Waals surface area (Å²) in [6.07, 6.45) is 1.28. The smallest absolute Gasteiger partial charge is 0.00448 e. The third kappa shape index (κ3) is 1.75. The molecule has 1 aliphatic carbocycles. The van der Waals surface area contributed by atoms with Gasteiger partial charge in [0, 0.05) is 6.04 Å². The maximum absolute atomic E-state index is 5.86. The lowest BCUT2D eigenvalue weighted by Crippen LogP contribution is -2.17. The van der Waals surface area contributed by atoms with Crippen LogP contribution in [0.4, 0.5) is 0 Å². The van der Waals surface area contributed by atoms with Crippen molar-refractivity contribution in [2.24, 2.45) is 11.7 Å². The van der Waals surface area contributed by atoms with Crippen LogP contribution in [0.15, 0.2) is 24.3 Å². The molecule has 1 saturated carbocycles. The van der Waals surface area contributed by atoms with E-state index >= 15 is 0 Å². The molecule has 0 saturated heterocycles. The van der Waals surface area contributed by atoms with Crippen LogP contribution < -0.4 is 5.73 Å². The van der Waals surface area contributed by atoms with Crippen LogP contribution >= 0.6 is 0 Å². The molecule has 1 heteroatoms. The van der Waals surface area contributed by atoms with Crippen molar-refractivity contribution in [3.63, 3.8) is 0 Å². The normalized spacial score (nSPS) is 28.5. The predicted octanol–water partition coefficient (Wildman–Crippen LogP) is 2.45. The fraction of sp³-hybridized carbons (Fsp3) is 0.500. The highest BCUT2D eigenvalue weighted by atomic mass is 14.7. The molecule has 2 rings (SSSR count). The molecule has 0 amide bonds. The average Bonchev–Trinajstić information content (AvgIpc) is 2.85. The third-order valence-corrected chi connectivity index (χ3v) is 3.02. The van der Waals surface area contributed by atoms with E-state index in [2.05, 4.69) is 38.1 Å². The quantitative estimate of drug-likeness (QED) is 0.734. The first-order valence-corrected chi connectivity index (χ1v) is 5.00. The maximum Gasteiger partial charge on any atom is 0.00448 e. The summed E-state index contributed by atoms with van der Waals surface area (Å²) in [6, 6.07) is 9.20. The van der Waals surface area contributed by atoms with E-state index in [9.17, 15) is 0 Å². The second kappa shape index (κ2) is 3.15. The Morgan fingerprint density at radius 1 is 1.31 bits per heavy atom. The molecule has 1 nitrogen and oxygen atoms in total. The molecule has 1 aromatic carbocycles. The fourth-order valence-electron chi connectivity index (χ4n) is 1.99. The molecule has 13 heavy (non-hydrogen) atoms. The monoisotopic (exact) mass is 175 g/mol. The second-order valence-corrected chi connectivity index (χ2v) is 4.28. The zero-order valence-electron chi connectivity index (χ0n) is 8.33. The molecule has 70 valence electrons. The Morgan fingerprint density at radius 2 is 1.92 bits per heavy atom. The summed E-state index contributed by atoms with van der Waals surface area (Å²) in [7, 11) is 0. The molecule has 0 heterocycles. The molecule has 1 aromatic rings. The first-order valence-electron chi connectivity index (χ1n) is 5.00. The second-order valence-electron chi connectivity index (χ2n) is 4.28. The molecular weight excluding hydrogens is 158 g/mol. The summed E-state index contributed by atoms with van der Waals surface area (Å²) in [4.78, 5) is 0. The van der Waals surface area contributed by atoms with Gasteiger partial charge in [-0.05, 0) is 37.7 Å². The van der Waals surface area contributed by atoms with Crippen molar-refractivity contribution >= 4 is 0 Å². The molecule has 1 fully saturated rings. The number of benzene rings is 1. The number of hydrogen-bond donors (Lipinski definition) is 1. The van der Waals surface area contributed by atoms with Gasteiger partial charge < -0.3 is 5.73 Å². The van der Waals surface area contributed by atoms with Crippen molar-refractivity contribution < 1.29 is 0 Å². The predicted molar refractivity (Wildman–Crippen MR) is 55.7 cm³/mol. The van der Waals surface area contributed by atoms with Gasteiger partial charge in [-0.1, -0.05) is 29.8 Å². The van der Waals surface area contributed by atoms with Crippen LogP contribution in [-0.4, -0.2) is 6.04 Å². The molecule has 0 aliphatic heterocycles. The molecule has 0 bridgehead atoms. The number of aryl methyl sites for hydroxylation is 1. The summed E-state index contributed by atoms with van der Waals surface area (Å²) in [5.41, 5.74) is 8.66. The Kier molecular flexibility index (Phi) is 2.12. The van der Waals surface area contributed by atoms with Gasteiger partial charge >= 0.3 is 0 Å². The van der Waals surface area contributed by atoms with E-state index in [1.165, 1.54) is 17.5 Å². The van der Waals surface area contributed by atoms with Gasteiger partial charge in [0.25, 0.3) is 0 Å². The van der Waals surface area contributed by atoms with Crippen LogP contribution in [-0.2, 0) is 0 Å². The van der Waals surface area contributed by atoms with Gasteiger partial charge in [-0.2, -0.15) is 0 Å². The van der Waals surface area contributed by atoms with Gasteiger partial charge in [0.05, 0.1) is 0 Å². The molecular formula is C12H17N. The van der Waals surface area contributed by atoms with Crippen molar-refractivity contribution in [1.82, 2.24) is 0 Å². The fourth-order valence-corrected chi connectivity index (χ4v) is 1.99. The Labute approximate surface area is 80.0 Å². The lowest BCUT2D eigenvalue weighted by Gasteiger charge is -2.04. The zero-order chi connectivity index (χ0) is 9.42. The van der Waals surface area contributed by atoms with Crippen molar-refractivity contribution in [3.8, 4) is 0 Å². The molecule has 0 spiro atoms. The van der Waals surface area contributed by atoms with Crippen LogP contribution in [0.1, 0.15) is 30.4 Å². The minimum absolute atomic E-state index is 0.353. The molecule has 0 aromatic heterocycles. The van der Waals surface area contributed by atoms with E-state index in [1.54, 1.807) is 0 Å². The highest BCUT2D eigenvalue weighted by Gasteiger charge is 2.40. The van der Waals surface area contributed by atoms with Gasteiger partial charge in [-0.25, -0.2) is 0 Å². The molecule has 1 aliphatic rings. The van der Waals surface area contributed by atoms with E-state index in [4.69, 9.17) is 5.73 Å². The lowest BCUT2D eigenvalue weighted by atomic mass is 10.1. The minimum Gasteiger partial charge on any atom is -0.328 e. The van der Waals surface area contributed by atoms with Crippen molar-refractivity contribution in [3.05, 3.63) is 35.4 Å². The van der Waals surface area contributed by atoms with E-state index in [0.717, 1.165) is 11.8 Å². The summed E-state index contributed by atoms with van der Waals surface area (Å²) < 4.78 is 0. The van der Waals surface area contributed by atoms with Crippen molar-refractivity contribution in [2.75, 3.05) is 0 Å².